The van der Waals surface area contributed by atoms with Gasteiger partial charge < -0.3 is 19.8 Å². The van der Waals surface area contributed by atoms with Crippen molar-refractivity contribution in [2.24, 2.45) is 4.99 Å². The summed E-state index contributed by atoms with van der Waals surface area (Å²) in [6.45, 7) is 2.47. The average Bonchev–Trinajstić information content (AvgIpc) is 3.27. The zero-order valence-corrected chi connectivity index (χ0v) is 13.9. The zero-order chi connectivity index (χ0) is 15.7. The summed E-state index contributed by atoms with van der Waals surface area (Å²) in [7, 11) is 0. The van der Waals surface area contributed by atoms with Crippen molar-refractivity contribution in [1.82, 2.24) is 10.6 Å². The molecule has 2 heterocycles. The average molecular weight is 319 g/mol. The maximum atomic E-state index is 5.78. The van der Waals surface area contributed by atoms with Crippen LogP contribution in [-0.2, 0) is 11.2 Å². The van der Waals surface area contributed by atoms with E-state index >= 15 is 0 Å². The third-order valence-electron chi connectivity index (χ3n) is 4.67. The van der Waals surface area contributed by atoms with Gasteiger partial charge in [-0.05, 0) is 44.2 Å². The summed E-state index contributed by atoms with van der Waals surface area (Å²) in [4.78, 5) is 4.77. The van der Waals surface area contributed by atoms with E-state index in [-0.39, 0.29) is 6.10 Å². The maximum Gasteiger partial charge on any atom is 0.191 e. The first-order chi connectivity index (χ1) is 11.4. The Hall–Kier alpha value is -1.49. The lowest BCUT2D eigenvalue weighted by molar-refractivity contribution is 0.0224. The zero-order valence-electron chi connectivity index (χ0n) is 13.9. The molecule has 23 heavy (non-hydrogen) atoms. The number of hydrogen-bond donors (Lipinski definition) is 2. The summed E-state index contributed by atoms with van der Waals surface area (Å²) in [5.41, 5.74) is 0. The highest BCUT2D eigenvalue weighted by Gasteiger charge is 2.17. The van der Waals surface area contributed by atoms with E-state index in [0.717, 1.165) is 44.3 Å². The Labute approximate surface area is 138 Å². The first-order valence-electron chi connectivity index (χ1n) is 9.09. The molecule has 1 atom stereocenters. The summed E-state index contributed by atoms with van der Waals surface area (Å²) >= 11 is 0. The fourth-order valence-corrected chi connectivity index (χ4v) is 3.32. The SMILES string of the molecule is c1coc(CCNC(=NCC2CCCCO2)NC2CCCC2)c1. The van der Waals surface area contributed by atoms with Gasteiger partial charge in [0.1, 0.15) is 5.76 Å². The monoisotopic (exact) mass is 319 g/mol. The van der Waals surface area contributed by atoms with Crippen molar-refractivity contribution in [2.45, 2.75) is 63.5 Å². The van der Waals surface area contributed by atoms with Crippen molar-refractivity contribution >= 4 is 5.96 Å². The minimum atomic E-state index is 0.288. The molecule has 3 rings (SSSR count). The number of ether oxygens (including phenoxy) is 1. The Morgan fingerprint density at radius 1 is 1.17 bits per heavy atom. The Balaban J connectivity index is 1.48. The molecule has 0 radical (unpaired) electrons. The van der Waals surface area contributed by atoms with E-state index in [0.29, 0.717) is 6.04 Å². The molecule has 0 spiro atoms. The summed E-state index contributed by atoms with van der Waals surface area (Å²) in [6.07, 6.45) is 11.6. The van der Waals surface area contributed by atoms with Crippen LogP contribution in [0.15, 0.2) is 27.8 Å². The largest absolute Gasteiger partial charge is 0.469 e. The van der Waals surface area contributed by atoms with Gasteiger partial charge in [0, 0.05) is 25.6 Å². The molecule has 5 nitrogen and oxygen atoms in total. The molecular weight excluding hydrogens is 290 g/mol. The van der Waals surface area contributed by atoms with Crippen LogP contribution in [0.2, 0.25) is 0 Å². The number of nitrogens with zero attached hydrogens (tertiary/aromatic N) is 1. The van der Waals surface area contributed by atoms with Crippen LogP contribution in [0.25, 0.3) is 0 Å². The van der Waals surface area contributed by atoms with E-state index in [4.69, 9.17) is 14.1 Å². The van der Waals surface area contributed by atoms with Crippen LogP contribution < -0.4 is 10.6 Å². The Kier molecular flexibility index (Phi) is 6.38. The summed E-state index contributed by atoms with van der Waals surface area (Å²) in [6, 6.07) is 4.51. The molecule has 1 aromatic rings. The maximum absolute atomic E-state index is 5.78. The van der Waals surface area contributed by atoms with Gasteiger partial charge in [-0.1, -0.05) is 12.8 Å². The Bertz CT molecular complexity index is 461. The number of furan rings is 1. The van der Waals surface area contributed by atoms with Gasteiger partial charge in [0.25, 0.3) is 0 Å². The van der Waals surface area contributed by atoms with Crippen molar-refractivity contribution < 1.29 is 9.15 Å². The van der Waals surface area contributed by atoms with Crippen LogP contribution in [0.1, 0.15) is 50.7 Å². The molecule has 1 unspecified atom stereocenters. The van der Waals surface area contributed by atoms with Crippen LogP contribution in [0, 0.1) is 0 Å². The van der Waals surface area contributed by atoms with Gasteiger partial charge >= 0.3 is 0 Å². The first kappa shape index (κ1) is 16.4. The van der Waals surface area contributed by atoms with Crippen molar-refractivity contribution in [3.05, 3.63) is 24.2 Å². The molecule has 5 heteroatoms. The normalized spacial score (nSPS) is 23.1. The highest BCUT2D eigenvalue weighted by Crippen LogP contribution is 2.17. The van der Waals surface area contributed by atoms with Crippen molar-refractivity contribution in [3.8, 4) is 0 Å². The molecule has 0 amide bonds. The van der Waals surface area contributed by atoms with Gasteiger partial charge in [0.2, 0.25) is 0 Å². The van der Waals surface area contributed by atoms with E-state index in [2.05, 4.69) is 10.6 Å². The molecular formula is C18H29N3O2. The highest BCUT2D eigenvalue weighted by atomic mass is 16.5. The quantitative estimate of drug-likeness (QED) is 0.625. The summed E-state index contributed by atoms with van der Waals surface area (Å²) < 4.78 is 11.2. The molecule has 1 saturated heterocycles. The minimum absolute atomic E-state index is 0.288. The van der Waals surface area contributed by atoms with Crippen molar-refractivity contribution in [2.75, 3.05) is 19.7 Å². The van der Waals surface area contributed by atoms with Gasteiger partial charge in [-0.2, -0.15) is 0 Å². The molecule has 0 aromatic carbocycles. The standard InChI is InChI=1S/C18H29N3O2/c1-2-7-15(6-1)21-18(19-11-10-16-9-5-13-22-16)20-14-17-8-3-4-12-23-17/h5,9,13,15,17H,1-4,6-8,10-12,14H2,(H2,19,20,21). The molecule has 2 fully saturated rings. The molecule has 2 N–H and O–H groups in total. The topological polar surface area (TPSA) is 58.8 Å². The fourth-order valence-electron chi connectivity index (χ4n) is 3.32. The number of hydrogen-bond acceptors (Lipinski definition) is 3. The van der Waals surface area contributed by atoms with E-state index in [1.807, 2.05) is 12.1 Å². The van der Waals surface area contributed by atoms with Gasteiger partial charge in [-0.25, -0.2) is 0 Å². The van der Waals surface area contributed by atoms with Crippen molar-refractivity contribution in [3.63, 3.8) is 0 Å². The van der Waals surface area contributed by atoms with Gasteiger partial charge in [-0.3, -0.25) is 4.99 Å². The minimum Gasteiger partial charge on any atom is -0.469 e. The van der Waals surface area contributed by atoms with E-state index in [1.54, 1.807) is 6.26 Å². The second-order valence-corrected chi connectivity index (χ2v) is 6.56. The number of nitrogens with one attached hydrogen (secondary N) is 2. The second kappa shape index (κ2) is 8.96. The lowest BCUT2D eigenvalue weighted by Crippen LogP contribution is -2.43. The van der Waals surface area contributed by atoms with Crippen LogP contribution in [-0.4, -0.2) is 37.8 Å². The predicted octanol–water partition coefficient (Wildman–Crippen LogP) is 2.87. The number of guanidine groups is 1. The third-order valence-corrected chi connectivity index (χ3v) is 4.67. The lowest BCUT2D eigenvalue weighted by Gasteiger charge is -2.22. The Morgan fingerprint density at radius 3 is 2.78 bits per heavy atom. The van der Waals surface area contributed by atoms with Crippen LogP contribution >= 0.6 is 0 Å². The van der Waals surface area contributed by atoms with E-state index < -0.39 is 0 Å². The molecule has 1 aromatic heterocycles. The number of rotatable bonds is 6. The molecule has 2 aliphatic rings. The molecule has 1 saturated carbocycles. The van der Waals surface area contributed by atoms with Crippen LogP contribution in [0.3, 0.4) is 0 Å². The molecule has 1 aliphatic heterocycles. The van der Waals surface area contributed by atoms with Crippen LogP contribution in [0.5, 0.6) is 0 Å². The molecule has 1 aliphatic carbocycles. The summed E-state index contributed by atoms with van der Waals surface area (Å²) in [5.74, 6) is 1.94. The van der Waals surface area contributed by atoms with E-state index in [1.165, 1.54) is 38.5 Å². The fraction of sp³-hybridized carbons (Fsp3) is 0.722. The second-order valence-electron chi connectivity index (χ2n) is 6.56. The van der Waals surface area contributed by atoms with E-state index in [9.17, 15) is 0 Å². The third kappa shape index (κ3) is 5.57. The molecule has 0 bridgehead atoms. The smallest absolute Gasteiger partial charge is 0.191 e. The lowest BCUT2D eigenvalue weighted by atomic mass is 10.1. The van der Waals surface area contributed by atoms with Gasteiger partial charge in [-0.15, -0.1) is 0 Å². The summed E-state index contributed by atoms with van der Waals surface area (Å²) in [5, 5.41) is 7.04. The molecule has 128 valence electrons. The van der Waals surface area contributed by atoms with Crippen molar-refractivity contribution in [1.29, 1.82) is 0 Å². The Morgan fingerprint density at radius 2 is 2.04 bits per heavy atom. The highest BCUT2D eigenvalue weighted by molar-refractivity contribution is 5.80. The predicted molar refractivity (Wildman–Crippen MR) is 91.7 cm³/mol. The van der Waals surface area contributed by atoms with Gasteiger partial charge in [0.15, 0.2) is 5.96 Å². The number of aliphatic imine (C=N–C) groups is 1. The van der Waals surface area contributed by atoms with Gasteiger partial charge in [0.05, 0.1) is 18.9 Å². The van der Waals surface area contributed by atoms with Crippen LogP contribution in [0.4, 0.5) is 0 Å². The first-order valence-corrected chi connectivity index (χ1v) is 9.09.